The molecule has 1 saturated heterocycles. The molecule has 4 aliphatic carbocycles. The molecule has 4 nitrogen and oxygen atoms in total. The molecule has 3 fully saturated rings. The molecule has 6 rings (SSSR count). The molecule has 2 saturated carbocycles. The Balaban J connectivity index is 1.47. The van der Waals surface area contributed by atoms with Crippen LogP contribution in [-0.4, -0.2) is 36.4 Å². The molecule has 0 aromatic heterocycles. The van der Waals surface area contributed by atoms with E-state index in [1.165, 1.54) is 41.7 Å². The van der Waals surface area contributed by atoms with Crippen LogP contribution in [0.2, 0.25) is 0 Å². The molecule has 0 spiro atoms. The van der Waals surface area contributed by atoms with E-state index in [2.05, 4.69) is 47.9 Å². The first-order valence-corrected chi connectivity index (χ1v) is 15.4. The van der Waals surface area contributed by atoms with Gasteiger partial charge in [0, 0.05) is 37.5 Å². The maximum absolute atomic E-state index is 13.7. The van der Waals surface area contributed by atoms with Crippen molar-refractivity contribution in [3.8, 4) is 11.8 Å². The Morgan fingerprint density at radius 3 is 2.56 bits per heavy atom. The summed E-state index contributed by atoms with van der Waals surface area (Å²) in [5, 5.41) is 9.65. The standard InChI is InChI=1S/C35H43NO3/c1-3-32(39)35(17-7-21-37)18-16-31-29-14-10-25-22-27(38)13-15-28(25)33(29)30(23-34(31,35)2)24-8-11-26(12-9-24)36-19-5-4-6-20-36/h8-9,11-12,22,29-31,37H,3-6,10,13-16,18-21,23H2,1-2H3/t29-,30+,31-,34-,35+/m0/s1. The number of aliphatic hydroxyl groups excluding tert-OH is 1. The Kier molecular flexibility index (Phi) is 7.09. The summed E-state index contributed by atoms with van der Waals surface area (Å²) in [6.45, 7) is 6.37. The zero-order valence-corrected chi connectivity index (χ0v) is 23.7. The molecule has 1 aliphatic heterocycles. The fourth-order valence-corrected chi connectivity index (χ4v) is 9.28. The highest BCUT2D eigenvalue weighted by molar-refractivity contribution is 5.93. The number of Topliss-reactive ketones (excluding diaryl/α,β-unsaturated/α-hetero) is 1. The van der Waals surface area contributed by atoms with E-state index < -0.39 is 5.41 Å². The highest BCUT2D eigenvalue weighted by Crippen LogP contribution is 2.69. The summed E-state index contributed by atoms with van der Waals surface area (Å²) in [5.74, 6) is 7.87. The average Bonchev–Trinajstić information content (AvgIpc) is 3.28. The first-order chi connectivity index (χ1) is 18.9. The summed E-state index contributed by atoms with van der Waals surface area (Å²) < 4.78 is 0. The fourth-order valence-electron chi connectivity index (χ4n) is 9.28. The van der Waals surface area contributed by atoms with Gasteiger partial charge in [-0.05, 0) is 110 Å². The van der Waals surface area contributed by atoms with Crippen LogP contribution < -0.4 is 4.90 Å². The first kappa shape index (κ1) is 26.6. The van der Waals surface area contributed by atoms with Gasteiger partial charge in [0.2, 0.25) is 0 Å². The number of hydrogen-bond donors (Lipinski definition) is 1. The van der Waals surface area contributed by atoms with Gasteiger partial charge in [0.05, 0.1) is 5.41 Å². The number of piperidine rings is 1. The quantitative estimate of drug-likeness (QED) is 0.454. The maximum atomic E-state index is 13.7. The summed E-state index contributed by atoms with van der Waals surface area (Å²) in [6.07, 6.45) is 12.4. The van der Waals surface area contributed by atoms with E-state index in [1.807, 2.05) is 13.0 Å². The van der Waals surface area contributed by atoms with Crippen LogP contribution in [0.25, 0.3) is 0 Å². The monoisotopic (exact) mass is 525 g/mol. The zero-order chi connectivity index (χ0) is 27.2. The number of rotatable bonds is 4. The van der Waals surface area contributed by atoms with Gasteiger partial charge in [0.25, 0.3) is 0 Å². The van der Waals surface area contributed by atoms with Crippen molar-refractivity contribution in [1.82, 2.24) is 0 Å². The van der Waals surface area contributed by atoms with Crippen molar-refractivity contribution in [2.24, 2.45) is 22.7 Å². The summed E-state index contributed by atoms with van der Waals surface area (Å²) in [4.78, 5) is 28.6. The Morgan fingerprint density at radius 1 is 1.08 bits per heavy atom. The Hall–Kier alpha value is -2.64. The number of allylic oxidation sites excluding steroid dienone is 4. The first-order valence-electron chi connectivity index (χ1n) is 15.4. The second-order valence-corrected chi connectivity index (χ2v) is 12.8. The summed E-state index contributed by atoms with van der Waals surface area (Å²) in [5.41, 5.74) is 5.97. The molecule has 1 aromatic rings. The molecule has 206 valence electrons. The number of anilines is 1. The van der Waals surface area contributed by atoms with Crippen molar-refractivity contribution in [1.29, 1.82) is 0 Å². The Labute approximate surface area is 233 Å². The smallest absolute Gasteiger partial charge is 0.156 e. The van der Waals surface area contributed by atoms with Crippen LogP contribution in [-0.2, 0) is 9.59 Å². The number of aliphatic hydroxyl groups is 1. The number of hydrogen-bond acceptors (Lipinski definition) is 4. The molecule has 1 aromatic carbocycles. The van der Waals surface area contributed by atoms with Gasteiger partial charge < -0.3 is 10.0 Å². The third kappa shape index (κ3) is 4.24. The van der Waals surface area contributed by atoms with Crippen LogP contribution in [0.15, 0.2) is 47.1 Å². The lowest BCUT2D eigenvalue weighted by molar-refractivity contribution is -0.132. The van der Waals surface area contributed by atoms with Gasteiger partial charge in [-0.25, -0.2) is 0 Å². The van der Waals surface area contributed by atoms with Gasteiger partial charge in [-0.15, -0.1) is 0 Å². The minimum atomic E-state index is -0.698. The molecule has 1 N–H and O–H groups in total. The van der Waals surface area contributed by atoms with Crippen molar-refractivity contribution < 1.29 is 14.7 Å². The van der Waals surface area contributed by atoms with E-state index in [0.717, 1.165) is 51.6 Å². The van der Waals surface area contributed by atoms with Gasteiger partial charge >= 0.3 is 0 Å². The van der Waals surface area contributed by atoms with Crippen LogP contribution in [0.4, 0.5) is 5.69 Å². The second-order valence-electron chi connectivity index (χ2n) is 12.8. The molecule has 0 unspecified atom stereocenters. The molecule has 5 aliphatic rings. The SMILES string of the molecule is CCC(=O)[C@@]1(C#CCO)CC[C@H]2[C@@H]3CCC4=CC(=O)CCC4=C3[C@@H](c3ccc(N4CCCCC4)cc3)C[C@@]21C. The lowest BCUT2D eigenvalue weighted by atomic mass is 9.48. The van der Waals surface area contributed by atoms with Crippen molar-refractivity contribution in [2.45, 2.75) is 90.4 Å². The molecule has 5 atom stereocenters. The number of carbonyl (C=O) groups excluding carboxylic acids is 2. The van der Waals surface area contributed by atoms with E-state index in [0.29, 0.717) is 24.7 Å². The minimum absolute atomic E-state index is 0.207. The molecule has 0 bridgehead atoms. The molecular weight excluding hydrogens is 482 g/mol. The highest BCUT2D eigenvalue weighted by atomic mass is 16.2. The number of carbonyl (C=O) groups is 2. The number of ketones is 2. The largest absolute Gasteiger partial charge is 0.384 e. The summed E-state index contributed by atoms with van der Waals surface area (Å²) in [6, 6.07) is 9.30. The van der Waals surface area contributed by atoms with Crippen LogP contribution in [0, 0.1) is 34.5 Å². The molecule has 1 heterocycles. The van der Waals surface area contributed by atoms with E-state index >= 15 is 0 Å². The Morgan fingerprint density at radius 2 is 1.85 bits per heavy atom. The van der Waals surface area contributed by atoms with Gasteiger partial charge in [-0.3, -0.25) is 9.59 Å². The molecule has 0 radical (unpaired) electrons. The van der Waals surface area contributed by atoms with Crippen molar-refractivity contribution in [2.75, 3.05) is 24.6 Å². The number of fused-ring (bicyclic) bond motifs is 4. The van der Waals surface area contributed by atoms with E-state index in [4.69, 9.17) is 0 Å². The predicted molar refractivity (Wildman–Crippen MR) is 155 cm³/mol. The predicted octanol–water partition coefficient (Wildman–Crippen LogP) is 6.54. The lowest BCUT2D eigenvalue weighted by Gasteiger charge is -2.54. The van der Waals surface area contributed by atoms with Gasteiger partial charge in [-0.1, -0.05) is 43.4 Å². The van der Waals surface area contributed by atoms with Crippen LogP contribution in [0.3, 0.4) is 0 Å². The lowest BCUT2D eigenvalue weighted by Crippen LogP contribution is -2.50. The van der Waals surface area contributed by atoms with Crippen LogP contribution >= 0.6 is 0 Å². The van der Waals surface area contributed by atoms with Crippen molar-refractivity contribution in [3.63, 3.8) is 0 Å². The van der Waals surface area contributed by atoms with Gasteiger partial charge in [0.15, 0.2) is 11.6 Å². The zero-order valence-electron chi connectivity index (χ0n) is 23.7. The molecule has 4 heteroatoms. The molecular formula is C35H43NO3. The van der Waals surface area contributed by atoms with Crippen molar-refractivity contribution in [3.05, 3.63) is 52.6 Å². The van der Waals surface area contributed by atoms with E-state index in [9.17, 15) is 14.7 Å². The Bertz CT molecular complexity index is 1270. The minimum Gasteiger partial charge on any atom is -0.384 e. The van der Waals surface area contributed by atoms with Gasteiger partial charge in [-0.2, -0.15) is 0 Å². The number of benzene rings is 1. The van der Waals surface area contributed by atoms with Crippen LogP contribution in [0.5, 0.6) is 0 Å². The highest BCUT2D eigenvalue weighted by Gasteiger charge is 2.65. The van der Waals surface area contributed by atoms with Crippen molar-refractivity contribution >= 4 is 17.3 Å². The second kappa shape index (κ2) is 10.4. The van der Waals surface area contributed by atoms with E-state index in [1.54, 1.807) is 5.57 Å². The summed E-state index contributed by atoms with van der Waals surface area (Å²) in [7, 11) is 0. The van der Waals surface area contributed by atoms with Crippen LogP contribution in [0.1, 0.15) is 96.0 Å². The average molecular weight is 526 g/mol. The topological polar surface area (TPSA) is 57.6 Å². The number of nitrogens with zero attached hydrogens (tertiary/aromatic N) is 1. The summed E-state index contributed by atoms with van der Waals surface area (Å²) >= 11 is 0. The fraction of sp³-hybridized carbons (Fsp3) is 0.600. The maximum Gasteiger partial charge on any atom is 0.156 e. The molecule has 0 amide bonds. The molecule has 39 heavy (non-hydrogen) atoms. The normalized spacial score (nSPS) is 33.9. The third-order valence-corrected chi connectivity index (χ3v) is 11.1. The van der Waals surface area contributed by atoms with E-state index in [-0.39, 0.29) is 29.5 Å². The third-order valence-electron chi connectivity index (χ3n) is 11.1. The van der Waals surface area contributed by atoms with Gasteiger partial charge in [0.1, 0.15) is 6.61 Å².